The Balaban J connectivity index is 2.25. The number of nitrogens with two attached hydrogens (primary N) is 1. The van der Waals surface area contributed by atoms with Crippen molar-refractivity contribution in [3.05, 3.63) is 0 Å². The zero-order valence-corrected chi connectivity index (χ0v) is 11.2. The molecule has 6 nitrogen and oxygen atoms in total. The normalized spacial score (nSPS) is 17.5. The van der Waals surface area contributed by atoms with Crippen molar-refractivity contribution in [2.24, 2.45) is 11.7 Å². The van der Waals surface area contributed by atoms with Gasteiger partial charge in [-0.3, -0.25) is 4.79 Å². The minimum absolute atomic E-state index is 0.00779. The summed E-state index contributed by atoms with van der Waals surface area (Å²) in [5, 5.41) is 1.75. The van der Waals surface area contributed by atoms with Crippen molar-refractivity contribution in [1.82, 2.24) is 10.0 Å². The second-order valence-corrected chi connectivity index (χ2v) is 6.61. The first-order valence-corrected chi connectivity index (χ1v) is 7.35. The van der Waals surface area contributed by atoms with Crippen LogP contribution < -0.4 is 15.8 Å². The Morgan fingerprint density at radius 1 is 1.47 bits per heavy atom. The van der Waals surface area contributed by atoms with E-state index in [-0.39, 0.29) is 29.9 Å². The summed E-state index contributed by atoms with van der Waals surface area (Å²) in [7, 11) is -3.53. The van der Waals surface area contributed by atoms with Crippen LogP contribution in [0.2, 0.25) is 0 Å². The number of hydrogen-bond donors (Lipinski definition) is 3. The molecule has 1 aliphatic carbocycles. The molecule has 0 heterocycles. The molecule has 0 aromatic rings. The maximum atomic E-state index is 11.6. The predicted molar refractivity (Wildman–Crippen MR) is 68.9 cm³/mol. The van der Waals surface area contributed by atoms with Gasteiger partial charge in [-0.15, -0.1) is 0 Å². The molecular formula is C9H17N3O3S2. The molecule has 1 aliphatic rings. The van der Waals surface area contributed by atoms with E-state index in [4.69, 9.17) is 5.73 Å². The lowest BCUT2D eigenvalue weighted by Crippen LogP contribution is -2.43. The Bertz CT molecular complexity index is 404. The molecule has 1 rings (SSSR count). The molecule has 0 saturated heterocycles. The van der Waals surface area contributed by atoms with Gasteiger partial charge < -0.3 is 11.1 Å². The van der Waals surface area contributed by atoms with Gasteiger partial charge in [0.05, 0.1) is 4.99 Å². The molecule has 0 aromatic carbocycles. The summed E-state index contributed by atoms with van der Waals surface area (Å²) in [6, 6.07) is 0. The highest BCUT2D eigenvalue weighted by molar-refractivity contribution is 7.93. The molecule has 8 heteroatoms. The molecule has 1 saturated carbocycles. The van der Waals surface area contributed by atoms with Crippen LogP contribution in [0.1, 0.15) is 19.8 Å². The molecule has 1 fully saturated rings. The topological polar surface area (TPSA) is 101 Å². The van der Waals surface area contributed by atoms with Gasteiger partial charge in [-0.2, -0.15) is 0 Å². The van der Waals surface area contributed by atoms with Crippen LogP contribution in [0.4, 0.5) is 0 Å². The van der Waals surface area contributed by atoms with E-state index < -0.39 is 15.3 Å². The quantitative estimate of drug-likeness (QED) is 0.414. The first-order chi connectivity index (χ1) is 7.84. The lowest BCUT2D eigenvalue weighted by molar-refractivity contribution is -0.122. The van der Waals surface area contributed by atoms with Gasteiger partial charge in [-0.05, 0) is 19.8 Å². The first kappa shape index (κ1) is 14.3. The van der Waals surface area contributed by atoms with E-state index >= 15 is 0 Å². The zero-order valence-electron chi connectivity index (χ0n) is 9.60. The number of carbonyl (C=O) groups excluding carboxylic acids is 1. The summed E-state index contributed by atoms with van der Waals surface area (Å²) in [6.45, 7) is 1.85. The third-order valence-corrected chi connectivity index (χ3v) is 4.84. The Morgan fingerprint density at radius 3 is 2.53 bits per heavy atom. The van der Waals surface area contributed by atoms with E-state index in [1.165, 1.54) is 6.92 Å². The number of thiocarbonyl (C=S) groups is 1. The molecule has 0 aliphatic heterocycles. The molecular weight excluding hydrogens is 262 g/mol. The van der Waals surface area contributed by atoms with Crippen molar-refractivity contribution in [3.63, 3.8) is 0 Å². The van der Waals surface area contributed by atoms with Crippen molar-refractivity contribution in [1.29, 1.82) is 0 Å². The van der Waals surface area contributed by atoms with E-state index in [1.54, 1.807) is 0 Å². The van der Waals surface area contributed by atoms with Gasteiger partial charge in [-0.25, -0.2) is 13.1 Å². The molecule has 17 heavy (non-hydrogen) atoms. The van der Waals surface area contributed by atoms with Crippen LogP contribution in [-0.4, -0.2) is 37.7 Å². The van der Waals surface area contributed by atoms with Crippen molar-refractivity contribution in [3.8, 4) is 0 Å². The Kier molecular flexibility index (Phi) is 4.84. The minimum Gasteiger partial charge on any atom is -0.392 e. The maximum Gasteiger partial charge on any atom is 0.223 e. The van der Waals surface area contributed by atoms with Crippen LogP contribution in [0.15, 0.2) is 0 Å². The maximum absolute atomic E-state index is 11.6. The van der Waals surface area contributed by atoms with Crippen LogP contribution in [0, 0.1) is 5.92 Å². The average Bonchev–Trinajstić information content (AvgIpc) is 3.06. The number of hydrogen-bond acceptors (Lipinski definition) is 4. The molecule has 0 spiro atoms. The van der Waals surface area contributed by atoms with Crippen molar-refractivity contribution < 1.29 is 13.2 Å². The van der Waals surface area contributed by atoms with E-state index in [0.29, 0.717) is 0 Å². The standard InChI is InChI=1S/C9H17N3O3S2/c1-6(8(10)16)17(14,15)12-5-4-11-9(13)7-2-3-7/h6-7,12H,2-5H2,1H3,(H2,10,16)(H,11,13). The first-order valence-electron chi connectivity index (χ1n) is 5.40. The fourth-order valence-electron chi connectivity index (χ4n) is 1.15. The van der Waals surface area contributed by atoms with Crippen LogP contribution >= 0.6 is 12.2 Å². The fourth-order valence-corrected chi connectivity index (χ4v) is 2.47. The molecule has 4 N–H and O–H groups in total. The van der Waals surface area contributed by atoms with Crippen molar-refractivity contribution in [2.45, 2.75) is 25.0 Å². The summed E-state index contributed by atoms with van der Waals surface area (Å²) >= 11 is 4.62. The van der Waals surface area contributed by atoms with Gasteiger partial charge in [0.15, 0.2) is 0 Å². The molecule has 1 unspecified atom stereocenters. The van der Waals surface area contributed by atoms with Gasteiger partial charge in [0.2, 0.25) is 15.9 Å². The van der Waals surface area contributed by atoms with E-state index in [1.807, 2.05) is 0 Å². The number of rotatable bonds is 7. The molecule has 0 aromatic heterocycles. The number of sulfonamides is 1. The van der Waals surface area contributed by atoms with E-state index in [0.717, 1.165) is 12.8 Å². The smallest absolute Gasteiger partial charge is 0.223 e. The molecule has 98 valence electrons. The summed E-state index contributed by atoms with van der Waals surface area (Å²) in [5.41, 5.74) is 5.27. The second-order valence-electron chi connectivity index (χ2n) is 4.05. The highest BCUT2D eigenvalue weighted by Gasteiger charge is 2.29. The summed E-state index contributed by atoms with van der Waals surface area (Å²) in [4.78, 5) is 11.2. The van der Waals surface area contributed by atoms with Crippen LogP contribution in [0.5, 0.6) is 0 Å². The van der Waals surface area contributed by atoms with Crippen LogP contribution in [0.3, 0.4) is 0 Å². The van der Waals surface area contributed by atoms with E-state index in [2.05, 4.69) is 22.3 Å². The molecule has 0 radical (unpaired) electrons. The fraction of sp³-hybridized carbons (Fsp3) is 0.778. The minimum atomic E-state index is -3.53. The number of nitrogens with one attached hydrogen (secondary N) is 2. The number of amides is 1. The third-order valence-electron chi connectivity index (χ3n) is 2.54. The summed E-state index contributed by atoms with van der Waals surface area (Å²) in [5.74, 6) is 0.119. The monoisotopic (exact) mass is 279 g/mol. The second kappa shape index (κ2) is 5.74. The Morgan fingerprint density at radius 2 is 2.06 bits per heavy atom. The Labute approximate surface area is 106 Å². The molecule has 1 atom stereocenters. The van der Waals surface area contributed by atoms with Crippen LogP contribution in [-0.2, 0) is 14.8 Å². The average molecular weight is 279 g/mol. The SMILES string of the molecule is CC(C(N)=S)S(=O)(=O)NCCNC(=O)C1CC1. The van der Waals surface area contributed by atoms with Crippen molar-refractivity contribution >= 4 is 33.1 Å². The highest BCUT2D eigenvalue weighted by atomic mass is 32.2. The largest absolute Gasteiger partial charge is 0.392 e. The van der Waals surface area contributed by atoms with Gasteiger partial charge in [0, 0.05) is 19.0 Å². The summed E-state index contributed by atoms with van der Waals surface area (Å²) < 4.78 is 25.5. The lowest BCUT2D eigenvalue weighted by atomic mass is 10.4. The molecule has 1 amide bonds. The van der Waals surface area contributed by atoms with Gasteiger partial charge in [-0.1, -0.05) is 12.2 Å². The zero-order chi connectivity index (χ0) is 13.1. The Hall–Kier alpha value is -0.730. The third kappa shape index (κ3) is 4.57. The predicted octanol–water partition coefficient (Wildman–Crippen LogP) is -0.893. The summed E-state index contributed by atoms with van der Waals surface area (Å²) in [6.07, 6.45) is 1.85. The van der Waals surface area contributed by atoms with E-state index in [9.17, 15) is 13.2 Å². The van der Waals surface area contributed by atoms with Crippen molar-refractivity contribution in [2.75, 3.05) is 13.1 Å². The lowest BCUT2D eigenvalue weighted by Gasteiger charge is -2.12. The number of carbonyl (C=O) groups is 1. The van der Waals surface area contributed by atoms with Crippen LogP contribution in [0.25, 0.3) is 0 Å². The van der Waals surface area contributed by atoms with Gasteiger partial charge in [0.25, 0.3) is 0 Å². The van der Waals surface area contributed by atoms with Gasteiger partial charge >= 0.3 is 0 Å². The molecule has 0 bridgehead atoms. The highest BCUT2D eigenvalue weighted by Crippen LogP contribution is 2.28. The van der Waals surface area contributed by atoms with Gasteiger partial charge in [0.1, 0.15) is 5.25 Å².